The summed E-state index contributed by atoms with van der Waals surface area (Å²) in [6.07, 6.45) is 1.03. The van der Waals surface area contributed by atoms with Crippen molar-refractivity contribution < 1.29 is 19.1 Å². The van der Waals surface area contributed by atoms with Gasteiger partial charge in [0.25, 0.3) is 0 Å². The zero-order valence-electron chi connectivity index (χ0n) is 14.3. The van der Waals surface area contributed by atoms with Gasteiger partial charge in [0.15, 0.2) is 0 Å². The molecular formula is C18H27NO4. The zero-order valence-corrected chi connectivity index (χ0v) is 14.3. The summed E-state index contributed by atoms with van der Waals surface area (Å²) in [4.78, 5) is 24.9. The van der Waals surface area contributed by atoms with Crippen LogP contribution in [-0.2, 0) is 25.6 Å². The van der Waals surface area contributed by atoms with Gasteiger partial charge in [-0.05, 0) is 11.5 Å². The minimum atomic E-state index is -0.182. The summed E-state index contributed by atoms with van der Waals surface area (Å²) >= 11 is 0. The van der Waals surface area contributed by atoms with Crippen molar-refractivity contribution in [2.75, 3.05) is 26.9 Å². The quantitative estimate of drug-likeness (QED) is 0.491. The van der Waals surface area contributed by atoms with Crippen molar-refractivity contribution >= 4 is 11.9 Å². The van der Waals surface area contributed by atoms with Crippen molar-refractivity contribution in [3.8, 4) is 0 Å². The topological polar surface area (TPSA) is 55.8 Å². The molecule has 0 aliphatic carbocycles. The average Bonchev–Trinajstić information content (AvgIpc) is 2.50. The number of hydrogen-bond acceptors (Lipinski definition) is 4. The molecule has 1 aromatic carbocycles. The third-order valence-corrected chi connectivity index (χ3v) is 3.18. The van der Waals surface area contributed by atoms with Crippen molar-refractivity contribution in [2.24, 2.45) is 5.92 Å². The molecule has 0 unspecified atom stereocenters. The lowest BCUT2D eigenvalue weighted by Gasteiger charge is -2.17. The van der Waals surface area contributed by atoms with Crippen LogP contribution >= 0.6 is 0 Å². The Kier molecular flexibility index (Phi) is 8.98. The van der Waals surface area contributed by atoms with E-state index < -0.39 is 0 Å². The minimum Gasteiger partial charge on any atom is -0.466 e. The molecule has 23 heavy (non-hydrogen) atoms. The van der Waals surface area contributed by atoms with Crippen LogP contribution < -0.4 is 0 Å². The molecule has 5 nitrogen and oxygen atoms in total. The van der Waals surface area contributed by atoms with E-state index >= 15 is 0 Å². The van der Waals surface area contributed by atoms with Crippen LogP contribution in [0.2, 0.25) is 0 Å². The third-order valence-electron chi connectivity index (χ3n) is 3.18. The maximum absolute atomic E-state index is 11.9. The van der Waals surface area contributed by atoms with Crippen LogP contribution in [0.5, 0.6) is 0 Å². The lowest BCUT2D eigenvalue weighted by Crippen LogP contribution is -2.30. The van der Waals surface area contributed by atoms with E-state index in [4.69, 9.17) is 9.47 Å². The Balaban J connectivity index is 2.08. The molecular weight excluding hydrogens is 294 g/mol. The third kappa shape index (κ3) is 8.98. The Labute approximate surface area is 138 Å². The van der Waals surface area contributed by atoms with Crippen LogP contribution in [0.1, 0.15) is 32.3 Å². The Morgan fingerprint density at radius 1 is 1.13 bits per heavy atom. The van der Waals surface area contributed by atoms with Crippen LogP contribution in [-0.4, -0.2) is 43.6 Å². The van der Waals surface area contributed by atoms with Gasteiger partial charge in [-0.25, -0.2) is 0 Å². The number of nitrogens with zero attached hydrogens (tertiary/aromatic N) is 1. The molecule has 0 heterocycles. The van der Waals surface area contributed by atoms with E-state index in [0.717, 1.165) is 5.56 Å². The molecule has 0 bridgehead atoms. The Hall–Kier alpha value is -1.88. The fourth-order valence-electron chi connectivity index (χ4n) is 1.95. The van der Waals surface area contributed by atoms with Crippen LogP contribution in [0.4, 0.5) is 0 Å². The van der Waals surface area contributed by atoms with Crippen LogP contribution in [0.25, 0.3) is 0 Å². The van der Waals surface area contributed by atoms with Gasteiger partial charge in [-0.3, -0.25) is 9.59 Å². The normalized spacial score (nSPS) is 10.6. The standard InChI is InChI=1S/C18H27NO4/c1-15(2)12-18(21)23-11-7-10-22-14-17(20)19(3)13-16-8-5-4-6-9-16/h4-6,8-9,15H,7,10-14H2,1-3H3. The zero-order chi connectivity index (χ0) is 17.1. The summed E-state index contributed by atoms with van der Waals surface area (Å²) in [5, 5.41) is 0. The molecule has 0 aliphatic heterocycles. The van der Waals surface area contributed by atoms with Crippen molar-refractivity contribution in [1.82, 2.24) is 4.90 Å². The number of ether oxygens (including phenoxy) is 2. The van der Waals surface area contributed by atoms with E-state index in [2.05, 4.69) is 0 Å². The lowest BCUT2D eigenvalue weighted by molar-refractivity contribution is -0.145. The fraction of sp³-hybridized carbons (Fsp3) is 0.556. The number of esters is 1. The number of likely N-dealkylation sites (N-methyl/N-ethyl adjacent to an activating group) is 1. The van der Waals surface area contributed by atoms with Crippen LogP contribution in [0.15, 0.2) is 30.3 Å². The number of carbonyl (C=O) groups is 2. The second-order valence-electron chi connectivity index (χ2n) is 5.96. The summed E-state index contributed by atoms with van der Waals surface area (Å²) in [5.41, 5.74) is 1.08. The van der Waals surface area contributed by atoms with Gasteiger partial charge in [0, 0.05) is 26.4 Å². The van der Waals surface area contributed by atoms with E-state index in [1.54, 1.807) is 11.9 Å². The smallest absolute Gasteiger partial charge is 0.306 e. The van der Waals surface area contributed by atoms with Gasteiger partial charge in [0.1, 0.15) is 6.61 Å². The second-order valence-corrected chi connectivity index (χ2v) is 5.96. The minimum absolute atomic E-state index is 0.0449. The molecule has 5 heteroatoms. The van der Waals surface area contributed by atoms with E-state index in [1.807, 2.05) is 44.2 Å². The maximum Gasteiger partial charge on any atom is 0.306 e. The number of amides is 1. The summed E-state index contributed by atoms with van der Waals surface area (Å²) in [5.74, 6) is 0.0563. The first-order valence-corrected chi connectivity index (χ1v) is 8.00. The van der Waals surface area contributed by atoms with Crippen molar-refractivity contribution in [2.45, 2.75) is 33.2 Å². The van der Waals surface area contributed by atoms with E-state index in [9.17, 15) is 9.59 Å². The highest BCUT2D eigenvalue weighted by atomic mass is 16.5. The SMILES string of the molecule is CC(C)CC(=O)OCCCOCC(=O)N(C)Cc1ccccc1. The number of hydrogen-bond donors (Lipinski definition) is 0. The molecule has 0 saturated heterocycles. The summed E-state index contributed by atoms with van der Waals surface area (Å²) in [6.45, 7) is 5.29. The molecule has 0 saturated carbocycles. The van der Waals surface area contributed by atoms with E-state index in [0.29, 0.717) is 38.5 Å². The Morgan fingerprint density at radius 2 is 1.83 bits per heavy atom. The summed E-state index contributed by atoms with van der Waals surface area (Å²) in [7, 11) is 1.76. The van der Waals surface area contributed by atoms with Crippen LogP contribution in [0.3, 0.4) is 0 Å². The molecule has 0 fully saturated rings. The van der Waals surface area contributed by atoms with Gasteiger partial charge in [-0.15, -0.1) is 0 Å². The summed E-state index contributed by atoms with van der Waals surface area (Å²) in [6, 6.07) is 9.81. The van der Waals surface area contributed by atoms with Crippen molar-refractivity contribution in [3.05, 3.63) is 35.9 Å². The molecule has 0 aliphatic rings. The molecule has 0 aromatic heterocycles. The van der Waals surface area contributed by atoms with Gasteiger partial charge in [-0.1, -0.05) is 44.2 Å². The first kappa shape index (κ1) is 19.2. The highest BCUT2D eigenvalue weighted by Crippen LogP contribution is 2.03. The molecule has 128 valence electrons. The molecule has 1 aromatic rings. The molecule has 0 atom stereocenters. The molecule has 1 rings (SSSR count). The van der Waals surface area contributed by atoms with Gasteiger partial charge < -0.3 is 14.4 Å². The van der Waals surface area contributed by atoms with Gasteiger partial charge in [0.2, 0.25) is 5.91 Å². The monoisotopic (exact) mass is 321 g/mol. The predicted molar refractivity (Wildman–Crippen MR) is 88.8 cm³/mol. The second kappa shape index (κ2) is 10.8. The first-order valence-electron chi connectivity index (χ1n) is 8.00. The molecule has 0 radical (unpaired) electrons. The number of benzene rings is 1. The first-order chi connectivity index (χ1) is 11.0. The predicted octanol–water partition coefficient (Wildman–Crippen LogP) is 2.64. The van der Waals surface area contributed by atoms with E-state index in [-0.39, 0.29) is 18.5 Å². The summed E-state index contributed by atoms with van der Waals surface area (Å²) < 4.78 is 10.4. The van der Waals surface area contributed by atoms with Gasteiger partial charge in [-0.2, -0.15) is 0 Å². The van der Waals surface area contributed by atoms with Crippen LogP contribution in [0, 0.1) is 5.92 Å². The fourth-order valence-corrected chi connectivity index (χ4v) is 1.95. The van der Waals surface area contributed by atoms with Crippen molar-refractivity contribution in [3.63, 3.8) is 0 Å². The molecule has 1 amide bonds. The largest absolute Gasteiger partial charge is 0.466 e. The van der Waals surface area contributed by atoms with E-state index in [1.165, 1.54) is 0 Å². The Bertz CT molecular complexity index is 473. The maximum atomic E-state index is 11.9. The Morgan fingerprint density at radius 3 is 2.48 bits per heavy atom. The molecule has 0 N–H and O–H groups in total. The number of carbonyl (C=O) groups excluding carboxylic acids is 2. The highest BCUT2D eigenvalue weighted by molar-refractivity contribution is 5.77. The molecule has 0 spiro atoms. The number of rotatable bonds is 10. The van der Waals surface area contributed by atoms with Gasteiger partial charge >= 0.3 is 5.97 Å². The van der Waals surface area contributed by atoms with Gasteiger partial charge in [0.05, 0.1) is 13.2 Å². The average molecular weight is 321 g/mol. The van der Waals surface area contributed by atoms with Crippen molar-refractivity contribution in [1.29, 1.82) is 0 Å². The lowest BCUT2D eigenvalue weighted by atomic mass is 10.1. The highest BCUT2D eigenvalue weighted by Gasteiger charge is 2.09.